The van der Waals surface area contributed by atoms with Gasteiger partial charge in [-0.3, -0.25) is 4.98 Å². The topological polar surface area (TPSA) is 82.3 Å². The van der Waals surface area contributed by atoms with Gasteiger partial charge in [-0.25, -0.2) is 13.4 Å². The number of pyridine rings is 2. The molecule has 0 amide bonds. The van der Waals surface area contributed by atoms with Crippen molar-refractivity contribution in [3.8, 4) is 22.5 Å². The van der Waals surface area contributed by atoms with E-state index >= 15 is 0 Å². The molecule has 0 spiro atoms. The third-order valence-electron chi connectivity index (χ3n) is 5.19. The first-order valence-electron chi connectivity index (χ1n) is 9.40. The molecule has 0 atom stereocenters. The van der Waals surface area contributed by atoms with Gasteiger partial charge in [-0.05, 0) is 49.2 Å². The van der Waals surface area contributed by atoms with Crippen molar-refractivity contribution in [2.24, 2.45) is 0 Å². The number of rotatable bonds is 5. The average molecular weight is 423 g/mol. The van der Waals surface area contributed by atoms with Crippen LogP contribution in [0.2, 0.25) is 0 Å². The lowest BCUT2D eigenvalue weighted by molar-refractivity contribution is 0.0192. The summed E-state index contributed by atoms with van der Waals surface area (Å²) in [5.41, 5.74) is 4.61. The van der Waals surface area contributed by atoms with Gasteiger partial charge in [-0.2, -0.15) is 0 Å². The van der Waals surface area contributed by atoms with Crippen molar-refractivity contribution in [2.75, 3.05) is 13.4 Å². The molecule has 4 aromatic rings. The van der Waals surface area contributed by atoms with Gasteiger partial charge in [0.15, 0.2) is 20.4 Å². The monoisotopic (exact) mass is 422 g/mol. The van der Waals surface area contributed by atoms with E-state index in [1.54, 1.807) is 19.4 Å². The van der Waals surface area contributed by atoms with Crippen molar-refractivity contribution >= 4 is 20.9 Å². The SMILES string of the molecule is COC(C)(C)c1cccc(-c2ccnc3cc(-c4ccc(S(C)(=O)=O)nc4)oc23)c1. The molecule has 7 heteroatoms. The van der Waals surface area contributed by atoms with Crippen LogP contribution in [0.3, 0.4) is 0 Å². The van der Waals surface area contributed by atoms with Crippen LogP contribution in [0, 0.1) is 0 Å². The first kappa shape index (κ1) is 20.3. The lowest BCUT2D eigenvalue weighted by Gasteiger charge is -2.24. The highest BCUT2D eigenvalue weighted by molar-refractivity contribution is 7.90. The molecule has 0 N–H and O–H groups in total. The molecule has 154 valence electrons. The Morgan fingerprint density at radius 3 is 2.47 bits per heavy atom. The predicted molar refractivity (Wildman–Crippen MR) is 116 cm³/mol. The fourth-order valence-corrected chi connectivity index (χ4v) is 3.79. The van der Waals surface area contributed by atoms with Gasteiger partial charge in [0.05, 0.1) is 5.60 Å². The summed E-state index contributed by atoms with van der Waals surface area (Å²) in [6.45, 7) is 4.04. The standard InChI is InChI=1S/C23H22N2O4S/c1-23(2,28-3)17-7-5-6-15(12-17)18-10-11-24-19-13-20(29-22(18)19)16-8-9-21(25-14-16)30(4,26)27/h5-14H,1-4H3. The van der Waals surface area contributed by atoms with E-state index in [0.717, 1.165) is 22.9 Å². The van der Waals surface area contributed by atoms with Crippen LogP contribution in [0.5, 0.6) is 0 Å². The summed E-state index contributed by atoms with van der Waals surface area (Å²) in [6, 6.07) is 15.0. The molecule has 1 aromatic carbocycles. The highest BCUT2D eigenvalue weighted by Gasteiger charge is 2.21. The molecule has 0 aliphatic rings. The van der Waals surface area contributed by atoms with Crippen molar-refractivity contribution in [3.05, 3.63) is 66.5 Å². The van der Waals surface area contributed by atoms with Crippen molar-refractivity contribution in [1.82, 2.24) is 9.97 Å². The van der Waals surface area contributed by atoms with E-state index < -0.39 is 15.4 Å². The largest absolute Gasteiger partial charge is 0.454 e. The normalized spacial score (nSPS) is 12.4. The van der Waals surface area contributed by atoms with E-state index in [0.29, 0.717) is 22.4 Å². The van der Waals surface area contributed by atoms with Crippen molar-refractivity contribution in [3.63, 3.8) is 0 Å². The van der Waals surface area contributed by atoms with Crippen molar-refractivity contribution in [1.29, 1.82) is 0 Å². The summed E-state index contributed by atoms with van der Waals surface area (Å²) in [5.74, 6) is 0.575. The Labute approximate surface area is 175 Å². The molecule has 0 aliphatic carbocycles. The van der Waals surface area contributed by atoms with Crippen LogP contribution in [0.25, 0.3) is 33.6 Å². The van der Waals surface area contributed by atoms with E-state index in [1.807, 2.05) is 44.2 Å². The summed E-state index contributed by atoms with van der Waals surface area (Å²) >= 11 is 0. The maximum Gasteiger partial charge on any atom is 0.192 e. The number of furan rings is 1. The molecule has 4 rings (SSSR count). The summed E-state index contributed by atoms with van der Waals surface area (Å²) < 4.78 is 35.0. The molecule has 30 heavy (non-hydrogen) atoms. The highest BCUT2D eigenvalue weighted by atomic mass is 32.2. The Hall–Kier alpha value is -3.03. The summed E-state index contributed by atoms with van der Waals surface area (Å²) in [6.07, 6.45) is 4.37. The van der Waals surface area contributed by atoms with Gasteiger partial charge in [0.1, 0.15) is 11.3 Å². The molecule has 0 aliphatic heterocycles. The summed E-state index contributed by atoms with van der Waals surface area (Å²) in [4.78, 5) is 8.47. The van der Waals surface area contributed by atoms with Gasteiger partial charge in [-0.15, -0.1) is 0 Å². The van der Waals surface area contributed by atoms with E-state index in [2.05, 4.69) is 16.0 Å². The number of hydrogen-bond donors (Lipinski definition) is 0. The molecule has 0 radical (unpaired) electrons. The molecule has 3 aromatic heterocycles. The zero-order chi connectivity index (χ0) is 21.5. The van der Waals surface area contributed by atoms with Crippen LogP contribution in [-0.4, -0.2) is 31.8 Å². The van der Waals surface area contributed by atoms with Crippen molar-refractivity contribution in [2.45, 2.75) is 24.5 Å². The number of benzene rings is 1. The molecule has 3 heterocycles. The quantitative estimate of drug-likeness (QED) is 0.458. The van der Waals surface area contributed by atoms with Crippen LogP contribution < -0.4 is 0 Å². The predicted octanol–water partition coefficient (Wildman–Crippen LogP) is 4.84. The molecule has 0 saturated heterocycles. The molecular formula is C23H22N2O4S. The smallest absolute Gasteiger partial charge is 0.192 e. The molecular weight excluding hydrogens is 400 g/mol. The van der Waals surface area contributed by atoms with E-state index in [4.69, 9.17) is 9.15 Å². The Morgan fingerprint density at radius 1 is 1.00 bits per heavy atom. The minimum atomic E-state index is -3.35. The Morgan fingerprint density at radius 2 is 1.80 bits per heavy atom. The first-order valence-corrected chi connectivity index (χ1v) is 11.3. The highest BCUT2D eigenvalue weighted by Crippen LogP contribution is 2.35. The van der Waals surface area contributed by atoms with Crippen LogP contribution in [0.4, 0.5) is 0 Å². The zero-order valence-electron chi connectivity index (χ0n) is 17.2. The number of methoxy groups -OCH3 is 1. The third-order valence-corrected chi connectivity index (χ3v) is 6.19. The number of fused-ring (bicyclic) bond motifs is 1. The lowest BCUT2D eigenvalue weighted by Crippen LogP contribution is -2.19. The second-order valence-electron chi connectivity index (χ2n) is 7.64. The Balaban J connectivity index is 1.80. The second kappa shape index (κ2) is 7.34. The number of nitrogens with zero attached hydrogens (tertiary/aromatic N) is 2. The maximum atomic E-state index is 11.6. The second-order valence-corrected chi connectivity index (χ2v) is 9.60. The van der Waals surface area contributed by atoms with Gasteiger partial charge in [-0.1, -0.05) is 18.2 Å². The minimum Gasteiger partial charge on any atom is -0.454 e. The average Bonchev–Trinajstić information content (AvgIpc) is 3.18. The van der Waals surface area contributed by atoms with Crippen LogP contribution >= 0.6 is 0 Å². The van der Waals surface area contributed by atoms with E-state index in [-0.39, 0.29) is 5.03 Å². The third kappa shape index (κ3) is 3.74. The minimum absolute atomic E-state index is 0.0266. The lowest BCUT2D eigenvalue weighted by atomic mass is 9.94. The van der Waals surface area contributed by atoms with E-state index in [1.165, 1.54) is 12.3 Å². The number of sulfone groups is 1. The van der Waals surface area contributed by atoms with Gasteiger partial charge < -0.3 is 9.15 Å². The van der Waals surface area contributed by atoms with Gasteiger partial charge >= 0.3 is 0 Å². The van der Waals surface area contributed by atoms with Crippen LogP contribution in [0.1, 0.15) is 19.4 Å². The van der Waals surface area contributed by atoms with E-state index in [9.17, 15) is 8.42 Å². The maximum absolute atomic E-state index is 11.6. The Kier molecular flexibility index (Phi) is 4.95. The van der Waals surface area contributed by atoms with Gasteiger partial charge in [0.25, 0.3) is 0 Å². The molecule has 0 bridgehead atoms. The number of aromatic nitrogens is 2. The number of hydrogen-bond acceptors (Lipinski definition) is 6. The summed E-state index contributed by atoms with van der Waals surface area (Å²) in [5, 5.41) is 0.0266. The molecule has 6 nitrogen and oxygen atoms in total. The number of ether oxygens (including phenoxy) is 1. The van der Waals surface area contributed by atoms with Crippen LogP contribution in [-0.2, 0) is 20.2 Å². The fourth-order valence-electron chi connectivity index (χ4n) is 3.23. The summed E-state index contributed by atoms with van der Waals surface area (Å²) in [7, 11) is -1.66. The van der Waals surface area contributed by atoms with Gasteiger partial charge in [0, 0.05) is 43.0 Å². The molecule has 0 unspecified atom stereocenters. The Bertz CT molecular complexity index is 1320. The van der Waals surface area contributed by atoms with Crippen molar-refractivity contribution < 1.29 is 17.6 Å². The fraction of sp³-hybridized carbons (Fsp3) is 0.217. The van der Waals surface area contributed by atoms with Crippen LogP contribution in [0.15, 0.2) is 70.4 Å². The molecule has 0 saturated carbocycles. The first-order chi connectivity index (χ1) is 14.2. The zero-order valence-corrected chi connectivity index (χ0v) is 18.0. The van der Waals surface area contributed by atoms with Gasteiger partial charge in [0.2, 0.25) is 0 Å². The molecule has 0 fully saturated rings.